The molecule has 1 fully saturated rings. The highest BCUT2D eigenvalue weighted by atomic mass is 19.4. The fourth-order valence-electron chi connectivity index (χ4n) is 2.64. The summed E-state index contributed by atoms with van der Waals surface area (Å²) in [4.78, 5) is 1.47. The lowest BCUT2D eigenvalue weighted by atomic mass is 9.98. The normalized spacial score (nSPS) is 18.9. The highest BCUT2D eigenvalue weighted by Crippen LogP contribution is 2.38. The molecule has 1 aliphatic rings. The lowest BCUT2D eigenvalue weighted by Crippen LogP contribution is -2.46. The molecule has 1 N–H and O–H groups in total. The highest BCUT2D eigenvalue weighted by Gasteiger charge is 2.38. The summed E-state index contributed by atoms with van der Waals surface area (Å²) in [5.74, 6) is -1.49. The van der Waals surface area contributed by atoms with Crippen molar-refractivity contribution >= 4 is 0 Å². The van der Waals surface area contributed by atoms with Gasteiger partial charge in [0.05, 0.1) is 12.0 Å². The zero-order chi connectivity index (χ0) is 17.3. The molecule has 1 aromatic carbocycles. The first-order chi connectivity index (χ1) is 10.6. The monoisotopic (exact) mass is 344 g/mol. The predicted octanol–water partition coefficient (Wildman–Crippen LogP) is 3.74. The molecule has 0 bridgehead atoms. The van der Waals surface area contributed by atoms with Crippen LogP contribution < -0.4 is 5.32 Å². The van der Waals surface area contributed by atoms with Gasteiger partial charge in [-0.1, -0.05) is 6.07 Å². The van der Waals surface area contributed by atoms with Gasteiger partial charge in [-0.15, -0.1) is 0 Å². The van der Waals surface area contributed by atoms with E-state index >= 15 is 0 Å². The third-order valence-corrected chi connectivity index (χ3v) is 3.70. The molecule has 0 spiro atoms. The molecule has 0 amide bonds. The fourth-order valence-corrected chi connectivity index (χ4v) is 2.64. The van der Waals surface area contributed by atoms with Crippen molar-refractivity contribution in [2.75, 3.05) is 26.2 Å². The predicted molar refractivity (Wildman–Crippen MR) is 69.3 cm³/mol. The molecular weight excluding hydrogens is 329 g/mol. The van der Waals surface area contributed by atoms with E-state index in [-0.39, 0.29) is 18.7 Å². The lowest BCUT2D eigenvalue weighted by molar-refractivity contribution is -0.148. The van der Waals surface area contributed by atoms with Gasteiger partial charge in [0.25, 0.3) is 0 Å². The molecule has 1 saturated heterocycles. The second-order valence-electron chi connectivity index (χ2n) is 5.36. The Labute approximate surface area is 128 Å². The number of alkyl halides is 6. The number of rotatable bonds is 3. The Hall–Kier alpha value is -1.35. The minimum atomic E-state index is -4.95. The number of halogens is 7. The average Bonchev–Trinajstić information content (AvgIpc) is 2.44. The molecule has 0 aliphatic carbocycles. The zero-order valence-corrected chi connectivity index (χ0v) is 11.9. The van der Waals surface area contributed by atoms with Crippen LogP contribution in [0, 0.1) is 5.82 Å². The Balaban J connectivity index is 2.38. The van der Waals surface area contributed by atoms with Crippen molar-refractivity contribution in [3.8, 4) is 0 Å². The number of hydrogen-bond acceptors (Lipinski definition) is 2. The van der Waals surface area contributed by atoms with E-state index in [2.05, 4.69) is 5.32 Å². The van der Waals surface area contributed by atoms with E-state index in [1.165, 1.54) is 4.90 Å². The van der Waals surface area contributed by atoms with Crippen LogP contribution in [0.5, 0.6) is 0 Å². The Kier molecular flexibility index (Phi) is 5.20. The standard InChI is InChI=1S/C14H15F7N2/c15-11-2-1-9(7-10(11)14(19,20)21)12(8-13(16,17)18)23-5-3-22-4-6-23/h1-2,7,12,22H,3-6,8H2/t12-/m0/s1. The summed E-state index contributed by atoms with van der Waals surface area (Å²) >= 11 is 0. The van der Waals surface area contributed by atoms with Crippen LogP contribution in [0.25, 0.3) is 0 Å². The summed E-state index contributed by atoms with van der Waals surface area (Å²) in [6.45, 7) is 1.45. The second-order valence-corrected chi connectivity index (χ2v) is 5.36. The summed E-state index contributed by atoms with van der Waals surface area (Å²) in [7, 11) is 0. The zero-order valence-electron chi connectivity index (χ0n) is 11.9. The SMILES string of the molecule is Fc1ccc([C@H](CC(F)(F)F)N2CCNCC2)cc1C(F)(F)F. The number of benzene rings is 1. The lowest BCUT2D eigenvalue weighted by Gasteiger charge is -2.36. The van der Waals surface area contributed by atoms with Crippen molar-refractivity contribution in [2.24, 2.45) is 0 Å². The number of hydrogen-bond donors (Lipinski definition) is 1. The van der Waals surface area contributed by atoms with Gasteiger partial charge in [-0.25, -0.2) is 4.39 Å². The van der Waals surface area contributed by atoms with E-state index in [1.807, 2.05) is 0 Å². The fraction of sp³-hybridized carbons (Fsp3) is 0.571. The Morgan fingerprint density at radius 2 is 1.65 bits per heavy atom. The van der Waals surface area contributed by atoms with Crippen LogP contribution in [0.3, 0.4) is 0 Å². The molecule has 23 heavy (non-hydrogen) atoms. The summed E-state index contributed by atoms with van der Waals surface area (Å²) in [6, 6.07) is 0.777. The van der Waals surface area contributed by atoms with Crippen LogP contribution in [-0.2, 0) is 6.18 Å². The number of nitrogens with zero attached hydrogens (tertiary/aromatic N) is 1. The van der Waals surface area contributed by atoms with Gasteiger partial charge in [0.15, 0.2) is 0 Å². The van der Waals surface area contributed by atoms with Crippen LogP contribution in [0.15, 0.2) is 18.2 Å². The third-order valence-electron chi connectivity index (χ3n) is 3.70. The molecule has 0 aromatic heterocycles. The minimum absolute atomic E-state index is 0.182. The largest absolute Gasteiger partial charge is 0.419 e. The highest BCUT2D eigenvalue weighted by molar-refractivity contribution is 5.30. The first-order valence-electron chi connectivity index (χ1n) is 6.96. The van der Waals surface area contributed by atoms with Crippen LogP contribution in [-0.4, -0.2) is 37.3 Å². The summed E-state index contributed by atoms with van der Waals surface area (Å²) in [6.07, 6.45) is -10.8. The maximum Gasteiger partial charge on any atom is 0.419 e. The summed E-state index contributed by atoms with van der Waals surface area (Å²) < 4.78 is 90.2. The van der Waals surface area contributed by atoms with Crippen LogP contribution >= 0.6 is 0 Å². The average molecular weight is 344 g/mol. The van der Waals surface area contributed by atoms with E-state index in [4.69, 9.17) is 0 Å². The molecule has 1 aliphatic heterocycles. The molecule has 2 nitrogen and oxygen atoms in total. The van der Waals surface area contributed by atoms with Gasteiger partial charge in [0, 0.05) is 32.2 Å². The van der Waals surface area contributed by atoms with Gasteiger partial charge < -0.3 is 5.32 Å². The Bertz CT molecular complexity index is 533. The smallest absolute Gasteiger partial charge is 0.314 e. The van der Waals surface area contributed by atoms with E-state index in [9.17, 15) is 30.7 Å². The Morgan fingerprint density at radius 1 is 1.04 bits per heavy atom. The molecular formula is C14H15F7N2. The van der Waals surface area contributed by atoms with Gasteiger partial charge in [0.2, 0.25) is 0 Å². The molecule has 1 atom stereocenters. The van der Waals surface area contributed by atoms with Crippen molar-refractivity contribution < 1.29 is 30.7 Å². The van der Waals surface area contributed by atoms with Crippen LogP contribution in [0.4, 0.5) is 30.7 Å². The van der Waals surface area contributed by atoms with Crippen molar-refractivity contribution in [2.45, 2.75) is 24.8 Å². The van der Waals surface area contributed by atoms with Gasteiger partial charge in [-0.05, 0) is 17.7 Å². The molecule has 0 unspecified atom stereocenters. The van der Waals surface area contributed by atoms with Crippen molar-refractivity contribution in [1.82, 2.24) is 10.2 Å². The van der Waals surface area contributed by atoms with Crippen molar-refractivity contribution in [3.63, 3.8) is 0 Å². The third kappa shape index (κ3) is 4.81. The Morgan fingerprint density at radius 3 is 2.17 bits per heavy atom. The maximum absolute atomic E-state index is 13.3. The summed E-state index contributed by atoms with van der Waals surface area (Å²) in [5, 5.41) is 2.97. The first kappa shape index (κ1) is 18.0. The maximum atomic E-state index is 13.3. The van der Waals surface area contributed by atoms with E-state index < -0.39 is 36.2 Å². The van der Waals surface area contributed by atoms with Crippen LogP contribution in [0.2, 0.25) is 0 Å². The minimum Gasteiger partial charge on any atom is -0.314 e. The van der Waals surface area contributed by atoms with Gasteiger partial charge >= 0.3 is 12.4 Å². The van der Waals surface area contributed by atoms with E-state index in [1.54, 1.807) is 0 Å². The molecule has 0 radical (unpaired) electrons. The first-order valence-corrected chi connectivity index (χ1v) is 6.96. The molecule has 130 valence electrons. The number of nitrogens with one attached hydrogen (secondary N) is 1. The molecule has 1 heterocycles. The topological polar surface area (TPSA) is 15.3 Å². The van der Waals surface area contributed by atoms with E-state index in [0.29, 0.717) is 25.2 Å². The van der Waals surface area contributed by atoms with Crippen molar-refractivity contribution in [1.29, 1.82) is 0 Å². The molecule has 0 saturated carbocycles. The quantitative estimate of drug-likeness (QED) is 0.841. The van der Waals surface area contributed by atoms with Gasteiger partial charge in [-0.2, -0.15) is 26.3 Å². The molecule has 1 aromatic rings. The van der Waals surface area contributed by atoms with Gasteiger partial charge in [0.1, 0.15) is 5.82 Å². The molecule has 2 rings (SSSR count). The van der Waals surface area contributed by atoms with Crippen LogP contribution in [0.1, 0.15) is 23.6 Å². The van der Waals surface area contributed by atoms with Gasteiger partial charge in [-0.3, -0.25) is 4.90 Å². The second kappa shape index (κ2) is 6.64. The molecule has 9 heteroatoms. The van der Waals surface area contributed by atoms with Crippen molar-refractivity contribution in [3.05, 3.63) is 35.1 Å². The summed E-state index contributed by atoms with van der Waals surface area (Å²) in [5.41, 5.74) is -1.73. The number of piperazine rings is 1. The van der Waals surface area contributed by atoms with E-state index in [0.717, 1.165) is 6.07 Å².